The average molecular weight is 555 g/mol. The monoisotopic (exact) mass is 554 g/mol. The number of methoxy groups -OCH3 is 1. The van der Waals surface area contributed by atoms with Crippen LogP contribution in [0.1, 0.15) is 47.7 Å². The van der Waals surface area contributed by atoms with Gasteiger partial charge in [0.1, 0.15) is 5.75 Å². The summed E-state index contributed by atoms with van der Waals surface area (Å²) in [4.78, 5) is 43.4. The quantitative estimate of drug-likeness (QED) is 0.355. The Kier molecular flexibility index (Phi) is 8.59. The molecule has 2 aromatic rings. The maximum atomic E-state index is 13.4. The van der Waals surface area contributed by atoms with Crippen LogP contribution in [0, 0.1) is 11.3 Å². The van der Waals surface area contributed by atoms with E-state index >= 15 is 0 Å². The van der Waals surface area contributed by atoms with Crippen LogP contribution < -0.4 is 9.64 Å². The standard InChI is InChI=1S/C29H29F3N4O4/c1-19-24(28(39)36(26(19)37)22-10-9-21(18-33)25(17-22)29(30,31)32)8-3-4-11-34-12-14-35(15-13-34)27(38)20-6-5-7-23(16-20)40-2/h5-7,9-10,16-17H,3-4,8,11-15H2,1-2H3. The Hall–Kier alpha value is -4.17. The topological polar surface area (TPSA) is 93.9 Å². The number of nitriles is 1. The number of hydrogen-bond acceptors (Lipinski definition) is 6. The fourth-order valence-electron chi connectivity index (χ4n) is 4.97. The number of halogens is 3. The van der Waals surface area contributed by atoms with Crippen LogP contribution in [-0.2, 0) is 15.8 Å². The van der Waals surface area contributed by atoms with E-state index in [1.54, 1.807) is 31.4 Å². The molecule has 4 rings (SSSR count). The number of anilines is 1. The molecule has 2 aliphatic rings. The highest BCUT2D eigenvalue weighted by Gasteiger charge is 2.39. The molecule has 0 unspecified atom stereocenters. The van der Waals surface area contributed by atoms with Gasteiger partial charge in [0.25, 0.3) is 17.7 Å². The average Bonchev–Trinajstić information content (AvgIpc) is 3.17. The Balaban J connectivity index is 1.28. The molecule has 0 atom stereocenters. The highest BCUT2D eigenvalue weighted by atomic mass is 19.4. The van der Waals surface area contributed by atoms with Crippen molar-refractivity contribution in [2.24, 2.45) is 0 Å². The molecule has 0 radical (unpaired) electrons. The number of rotatable bonds is 8. The summed E-state index contributed by atoms with van der Waals surface area (Å²) in [5.41, 5.74) is -0.895. The molecule has 2 heterocycles. The van der Waals surface area contributed by atoms with E-state index in [1.165, 1.54) is 19.1 Å². The van der Waals surface area contributed by atoms with Crippen molar-refractivity contribution in [3.8, 4) is 11.8 Å². The van der Waals surface area contributed by atoms with Gasteiger partial charge in [-0.3, -0.25) is 19.3 Å². The van der Waals surface area contributed by atoms with Gasteiger partial charge < -0.3 is 9.64 Å². The lowest BCUT2D eigenvalue weighted by atomic mass is 10.0. The zero-order valence-electron chi connectivity index (χ0n) is 22.3. The maximum absolute atomic E-state index is 13.4. The second kappa shape index (κ2) is 11.9. The van der Waals surface area contributed by atoms with Crippen molar-refractivity contribution >= 4 is 23.4 Å². The van der Waals surface area contributed by atoms with Crippen molar-refractivity contribution in [3.05, 3.63) is 70.3 Å². The Morgan fingerprint density at radius 3 is 2.40 bits per heavy atom. The van der Waals surface area contributed by atoms with Gasteiger partial charge in [-0.1, -0.05) is 6.07 Å². The third-order valence-electron chi connectivity index (χ3n) is 7.25. The largest absolute Gasteiger partial charge is 0.497 e. The van der Waals surface area contributed by atoms with Gasteiger partial charge in [0, 0.05) is 42.9 Å². The van der Waals surface area contributed by atoms with Crippen molar-refractivity contribution in [2.75, 3.05) is 44.7 Å². The number of alkyl halides is 3. The summed E-state index contributed by atoms with van der Waals surface area (Å²) in [7, 11) is 1.55. The minimum absolute atomic E-state index is 0.0421. The molecule has 1 saturated heterocycles. The Bertz CT molecular complexity index is 1390. The number of carbonyl (C=O) groups is 3. The van der Waals surface area contributed by atoms with E-state index in [2.05, 4.69) is 4.90 Å². The summed E-state index contributed by atoms with van der Waals surface area (Å²) in [6.07, 6.45) is -3.11. The summed E-state index contributed by atoms with van der Waals surface area (Å²) < 4.78 is 45.4. The fraction of sp³-hybridized carbons (Fsp3) is 0.379. The van der Waals surface area contributed by atoms with Gasteiger partial charge >= 0.3 is 6.18 Å². The van der Waals surface area contributed by atoms with Gasteiger partial charge in [-0.05, 0) is 69.1 Å². The predicted molar refractivity (Wildman–Crippen MR) is 141 cm³/mol. The Morgan fingerprint density at radius 2 is 1.75 bits per heavy atom. The lowest BCUT2D eigenvalue weighted by molar-refractivity contribution is -0.138. The van der Waals surface area contributed by atoms with E-state index in [4.69, 9.17) is 10.00 Å². The summed E-state index contributed by atoms with van der Waals surface area (Å²) in [5.74, 6) is -0.706. The third-order valence-corrected chi connectivity index (χ3v) is 7.25. The number of unbranched alkanes of at least 4 members (excludes halogenated alkanes) is 1. The van der Waals surface area contributed by atoms with E-state index in [-0.39, 0.29) is 22.7 Å². The van der Waals surface area contributed by atoms with Crippen LogP contribution in [-0.4, -0.2) is 67.4 Å². The van der Waals surface area contributed by atoms with Crippen LogP contribution in [0.3, 0.4) is 0 Å². The van der Waals surface area contributed by atoms with Gasteiger partial charge in [-0.15, -0.1) is 0 Å². The van der Waals surface area contributed by atoms with Gasteiger partial charge in [0.2, 0.25) is 0 Å². The lowest BCUT2D eigenvalue weighted by Gasteiger charge is -2.34. The minimum Gasteiger partial charge on any atom is -0.497 e. The molecule has 210 valence electrons. The fourth-order valence-corrected chi connectivity index (χ4v) is 4.97. The first-order valence-electron chi connectivity index (χ1n) is 12.9. The minimum atomic E-state index is -4.80. The molecule has 11 heteroatoms. The molecular weight excluding hydrogens is 525 g/mol. The summed E-state index contributed by atoms with van der Waals surface area (Å²) in [6.45, 7) is 4.86. The number of imide groups is 1. The molecule has 2 aromatic carbocycles. The van der Waals surface area contributed by atoms with Crippen molar-refractivity contribution in [2.45, 2.75) is 32.4 Å². The highest BCUT2D eigenvalue weighted by molar-refractivity contribution is 6.32. The summed E-state index contributed by atoms with van der Waals surface area (Å²) >= 11 is 0. The molecular formula is C29H29F3N4O4. The molecule has 1 fully saturated rings. The number of piperazine rings is 1. The third kappa shape index (κ3) is 6.02. The van der Waals surface area contributed by atoms with Crippen LogP contribution in [0.4, 0.5) is 18.9 Å². The van der Waals surface area contributed by atoms with Gasteiger partial charge in [-0.2, -0.15) is 18.4 Å². The summed E-state index contributed by atoms with van der Waals surface area (Å²) in [6, 6.07) is 11.4. The molecule has 40 heavy (non-hydrogen) atoms. The van der Waals surface area contributed by atoms with Gasteiger partial charge in [0.05, 0.1) is 30.0 Å². The first-order valence-corrected chi connectivity index (χ1v) is 12.9. The molecule has 0 aliphatic carbocycles. The smallest absolute Gasteiger partial charge is 0.417 e. The molecule has 0 aromatic heterocycles. The highest BCUT2D eigenvalue weighted by Crippen LogP contribution is 2.37. The first kappa shape index (κ1) is 28.8. The maximum Gasteiger partial charge on any atom is 0.417 e. The zero-order chi connectivity index (χ0) is 29.0. The van der Waals surface area contributed by atoms with Crippen molar-refractivity contribution < 1.29 is 32.3 Å². The Morgan fingerprint density at radius 1 is 1.02 bits per heavy atom. The second-order valence-electron chi connectivity index (χ2n) is 9.71. The molecule has 2 aliphatic heterocycles. The van der Waals surface area contributed by atoms with Gasteiger partial charge in [-0.25, -0.2) is 4.90 Å². The molecule has 0 spiro atoms. The number of hydrogen-bond donors (Lipinski definition) is 0. The van der Waals surface area contributed by atoms with Crippen LogP contribution in [0.2, 0.25) is 0 Å². The molecule has 0 N–H and O–H groups in total. The van der Waals surface area contributed by atoms with Crippen LogP contribution in [0.5, 0.6) is 5.75 Å². The first-order chi connectivity index (χ1) is 19.0. The van der Waals surface area contributed by atoms with Crippen LogP contribution in [0.15, 0.2) is 53.6 Å². The molecule has 8 nitrogen and oxygen atoms in total. The van der Waals surface area contributed by atoms with Gasteiger partial charge in [0.15, 0.2) is 0 Å². The number of nitrogens with zero attached hydrogens (tertiary/aromatic N) is 4. The Labute approximate surface area is 230 Å². The second-order valence-corrected chi connectivity index (χ2v) is 9.71. The normalized spacial score (nSPS) is 16.5. The van der Waals surface area contributed by atoms with E-state index in [0.29, 0.717) is 56.4 Å². The summed E-state index contributed by atoms with van der Waals surface area (Å²) in [5, 5.41) is 9.01. The lowest BCUT2D eigenvalue weighted by Crippen LogP contribution is -2.48. The number of benzene rings is 2. The van der Waals surface area contributed by atoms with E-state index < -0.39 is 29.1 Å². The molecule has 0 saturated carbocycles. The van der Waals surface area contributed by atoms with Crippen molar-refractivity contribution in [1.82, 2.24) is 9.80 Å². The van der Waals surface area contributed by atoms with Crippen molar-refractivity contribution in [3.63, 3.8) is 0 Å². The molecule has 0 bridgehead atoms. The zero-order valence-corrected chi connectivity index (χ0v) is 22.3. The van der Waals surface area contributed by atoms with E-state index in [0.717, 1.165) is 23.9 Å². The van der Waals surface area contributed by atoms with E-state index in [9.17, 15) is 27.6 Å². The van der Waals surface area contributed by atoms with Crippen molar-refractivity contribution in [1.29, 1.82) is 5.26 Å². The SMILES string of the molecule is COc1cccc(C(=O)N2CCN(CCCCC3=C(C)C(=O)N(c4ccc(C#N)c(C(F)(F)F)c4)C3=O)CC2)c1. The van der Waals surface area contributed by atoms with Crippen LogP contribution in [0.25, 0.3) is 0 Å². The number of amides is 3. The van der Waals surface area contributed by atoms with E-state index in [1.807, 2.05) is 4.90 Å². The number of ether oxygens (including phenoxy) is 1. The van der Waals surface area contributed by atoms with Crippen LogP contribution >= 0.6 is 0 Å². The predicted octanol–water partition coefficient (Wildman–Crippen LogP) is 4.40. The molecule has 3 amide bonds. The number of carbonyl (C=O) groups excluding carboxylic acids is 3.